The molecule has 52 heteroatoms. The largest absolute Gasteiger partial charge is 0.431 e. The maximum Gasteiger partial charge on any atom is 0.431 e. The van der Waals surface area contributed by atoms with E-state index >= 15 is 0 Å². The third-order valence-corrected chi connectivity index (χ3v) is 9.06. The lowest BCUT2D eigenvalue weighted by Gasteiger charge is -2.45. The van der Waals surface area contributed by atoms with Crippen molar-refractivity contribution in [3.8, 4) is 0 Å². The van der Waals surface area contributed by atoms with Crippen molar-refractivity contribution in [2.45, 2.75) is 143 Å². The van der Waals surface area contributed by atoms with Gasteiger partial charge in [-0.1, -0.05) is 0 Å². The van der Waals surface area contributed by atoms with Crippen LogP contribution in [0.2, 0.25) is 0 Å². The molecule has 78 heavy (non-hydrogen) atoms. The van der Waals surface area contributed by atoms with E-state index in [1.807, 2.05) is 0 Å². The summed E-state index contributed by atoms with van der Waals surface area (Å²) >= 11 is 0. The summed E-state index contributed by atoms with van der Waals surface area (Å²) in [7, 11) is 0. The van der Waals surface area contributed by atoms with E-state index in [-0.39, 0.29) is 0 Å². The first-order chi connectivity index (χ1) is 32.9. The van der Waals surface area contributed by atoms with E-state index in [1.165, 1.54) is 9.78 Å². The van der Waals surface area contributed by atoms with Crippen LogP contribution in [-0.2, 0) is 19.4 Å². The maximum atomic E-state index is 14.0. The van der Waals surface area contributed by atoms with Crippen molar-refractivity contribution < 1.29 is 230 Å². The Morgan fingerprint density at radius 2 is 0.321 bits per heavy atom. The standard InChI is InChI=1S/C26H2F48O4/c27-1(9(37,38)39)5(29,30)11(43,44)15(51,52)19(59,60)23(67,68)25(71,72)21(63,64)17(55,56)13(47,48)7(33,34)3(75)77-78-4(76)8(35,36)14(49,50)18(57,58)22(65,66)26(73,74)24(69,70)20(61,62)16(53,54)12(45,46)6(31,32)2(28)10(40,41)42/h1-2H. The second-order valence-corrected chi connectivity index (χ2v) is 14.1. The van der Waals surface area contributed by atoms with E-state index in [4.69, 9.17) is 0 Å². The summed E-state index contributed by atoms with van der Waals surface area (Å²) in [6, 6.07) is 0. The van der Waals surface area contributed by atoms with E-state index in [2.05, 4.69) is 0 Å². The van der Waals surface area contributed by atoms with Gasteiger partial charge in [-0.05, 0) is 0 Å². The van der Waals surface area contributed by atoms with Gasteiger partial charge in [-0.3, -0.25) is 0 Å². The van der Waals surface area contributed by atoms with Gasteiger partial charge in [-0.2, -0.15) is 202 Å². The van der Waals surface area contributed by atoms with Crippen LogP contribution < -0.4 is 0 Å². The van der Waals surface area contributed by atoms with Crippen LogP contribution in [0.25, 0.3) is 0 Å². The molecule has 0 spiro atoms. The van der Waals surface area contributed by atoms with Crippen molar-refractivity contribution in [2.24, 2.45) is 0 Å². The molecular weight excluding hydrogens is 1290 g/mol. The summed E-state index contributed by atoms with van der Waals surface area (Å²) in [5.74, 6) is -207. The Bertz CT molecular complexity index is 2040. The highest BCUT2D eigenvalue weighted by atomic mass is 19.4. The minimum Gasteiger partial charge on any atom is -0.240 e. The Balaban J connectivity index is 7.42. The second kappa shape index (κ2) is 18.6. The fraction of sp³-hybridized carbons (Fsp3) is 0.923. The van der Waals surface area contributed by atoms with Gasteiger partial charge in [0.15, 0.2) is 0 Å². The fourth-order valence-electron chi connectivity index (χ4n) is 4.35. The van der Waals surface area contributed by atoms with Crippen LogP contribution in [0.5, 0.6) is 0 Å². The van der Waals surface area contributed by atoms with Gasteiger partial charge in [0.25, 0.3) is 12.3 Å². The van der Waals surface area contributed by atoms with Crippen LogP contribution >= 0.6 is 0 Å². The molecule has 0 bridgehead atoms. The number of carbonyl (C=O) groups excluding carboxylic acids is 2. The lowest BCUT2D eigenvalue weighted by molar-refractivity contribution is -0.472. The van der Waals surface area contributed by atoms with Crippen LogP contribution in [-0.4, -0.2) is 155 Å². The van der Waals surface area contributed by atoms with Gasteiger partial charge in [0, 0.05) is 0 Å². The minimum absolute atomic E-state index is 1.37. The molecule has 4 nitrogen and oxygen atoms in total. The maximum absolute atomic E-state index is 14.0. The number of halogens is 48. The number of rotatable bonds is 22. The topological polar surface area (TPSA) is 52.6 Å². The summed E-state index contributed by atoms with van der Waals surface area (Å²) < 4.78 is 651. The summed E-state index contributed by atoms with van der Waals surface area (Å²) in [5.41, 5.74) is 0. The highest BCUT2D eigenvalue weighted by Crippen LogP contribution is 2.69. The number of hydrogen-bond acceptors (Lipinski definition) is 4. The molecule has 0 aromatic carbocycles. The van der Waals surface area contributed by atoms with Crippen molar-refractivity contribution >= 4 is 11.9 Å². The zero-order chi connectivity index (χ0) is 64.7. The van der Waals surface area contributed by atoms with Crippen molar-refractivity contribution in [3.05, 3.63) is 0 Å². The molecule has 0 rings (SSSR count). The van der Waals surface area contributed by atoms with E-state index in [0.29, 0.717) is 0 Å². The zero-order valence-corrected chi connectivity index (χ0v) is 32.9. The zero-order valence-electron chi connectivity index (χ0n) is 32.9. The molecule has 0 saturated heterocycles. The Morgan fingerprint density at radius 1 is 0.205 bits per heavy atom. The fourth-order valence-corrected chi connectivity index (χ4v) is 4.35. The van der Waals surface area contributed by atoms with E-state index < -0.39 is 155 Å². The van der Waals surface area contributed by atoms with Gasteiger partial charge in [0.1, 0.15) is 0 Å². The summed E-state index contributed by atoms with van der Waals surface area (Å²) in [6.07, 6.45) is -29.8. The smallest absolute Gasteiger partial charge is 0.240 e. The van der Waals surface area contributed by atoms with Crippen molar-refractivity contribution in [2.75, 3.05) is 0 Å². The molecule has 0 heterocycles. The molecule has 0 aliphatic rings. The molecule has 0 aliphatic heterocycles. The summed E-state index contributed by atoms with van der Waals surface area (Å²) in [4.78, 5) is 24.9. The molecule has 2 unspecified atom stereocenters. The lowest BCUT2D eigenvalue weighted by Crippen LogP contribution is -2.78. The average Bonchev–Trinajstić information content (AvgIpc) is 3.22. The molecule has 466 valence electrons. The first-order valence-corrected chi connectivity index (χ1v) is 16.3. The normalized spacial score (nSPS) is 17.5. The predicted octanol–water partition coefficient (Wildman–Crippen LogP) is 14.5. The van der Waals surface area contributed by atoms with E-state index in [0.717, 1.165) is 0 Å². The highest BCUT2D eigenvalue weighted by Gasteiger charge is 3.01. The molecule has 0 aromatic rings. The SMILES string of the molecule is O=C(OOC(=O)C(F)(F)C(F)(F)C(F)(F)C(F)(F)C(F)(F)C(F)(F)C(F)(F)C(F)(F)C(F)(F)C(F)(F)C(F)C(F)(F)F)C(F)(F)C(F)(F)C(F)(F)C(F)(F)C(F)(F)C(F)(F)C(F)(F)C(F)(F)C(F)(F)C(F)(F)C(F)C(F)(F)F. The van der Waals surface area contributed by atoms with E-state index in [9.17, 15) is 220 Å². The van der Waals surface area contributed by atoms with Crippen molar-refractivity contribution in [3.63, 3.8) is 0 Å². The first kappa shape index (κ1) is 73.6. The Morgan fingerprint density at radius 3 is 0.449 bits per heavy atom. The molecule has 0 amide bonds. The monoisotopic (exact) mass is 1290 g/mol. The molecule has 0 aromatic heterocycles. The Hall–Kier alpha value is -4.42. The lowest BCUT2D eigenvalue weighted by atomic mass is 9.85. The Labute approximate surface area is 386 Å². The van der Waals surface area contributed by atoms with Crippen LogP contribution in [0.4, 0.5) is 211 Å². The van der Waals surface area contributed by atoms with Crippen molar-refractivity contribution in [1.29, 1.82) is 0 Å². The molecule has 0 saturated carbocycles. The molecule has 0 aliphatic carbocycles. The first-order valence-electron chi connectivity index (χ1n) is 16.3. The van der Waals surface area contributed by atoms with Crippen LogP contribution in [0, 0.1) is 0 Å². The summed E-state index contributed by atoms with van der Waals surface area (Å²) in [6.45, 7) is 0. The molecule has 2 atom stereocenters. The quantitative estimate of drug-likeness (QED) is 0.0616. The highest BCUT2D eigenvalue weighted by molar-refractivity contribution is 5.82. The van der Waals surface area contributed by atoms with E-state index in [1.54, 1.807) is 0 Å². The number of alkyl halides is 48. The Kier molecular flexibility index (Phi) is 17.5. The van der Waals surface area contributed by atoms with Crippen LogP contribution in [0.3, 0.4) is 0 Å². The van der Waals surface area contributed by atoms with Gasteiger partial charge in [-0.25, -0.2) is 28.1 Å². The van der Waals surface area contributed by atoms with Gasteiger partial charge >= 0.3 is 143 Å². The second-order valence-electron chi connectivity index (χ2n) is 14.1. The molecule has 0 radical (unpaired) electrons. The summed E-state index contributed by atoms with van der Waals surface area (Å²) in [5, 5.41) is 0. The van der Waals surface area contributed by atoms with Gasteiger partial charge < -0.3 is 0 Å². The van der Waals surface area contributed by atoms with Gasteiger partial charge in [0.05, 0.1) is 0 Å². The minimum atomic E-state index is -10.2. The van der Waals surface area contributed by atoms with Crippen LogP contribution in [0.1, 0.15) is 0 Å². The van der Waals surface area contributed by atoms with Crippen LogP contribution in [0.15, 0.2) is 0 Å². The number of hydrogen-bond donors (Lipinski definition) is 0. The third kappa shape index (κ3) is 9.04. The number of carbonyl (C=O) groups is 2. The molecule has 0 N–H and O–H groups in total. The third-order valence-electron chi connectivity index (χ3n) is 9.06. The van der Waals surface area contributed by atoms with Gasteiger partial charge in [0.2, 0.25) is 0 Å². The molecule has 0 fully saturated rings. The van der Waals surface area contributed by atoms with Gasteiger partial charge in [-0.15, -0.1) is 0 Å². The molecular formula is C26H2F48O4. The average molecular weight is 1290 g/mol. The predicted molar refractivity (Wildman–Crippen MR) is 133 cm³/mol. The van der Waals surface area contributed by atoms with Crippen molar-refractivity contribution in [1.82, 2.24) is 0 Å².